The minimum absolute atomic E-state index is 0.210. The Bertz CT molecular complexity index is 1280. The van der Waals surface area contributed by atoms with E-state index in [1.807, 2.05) is 36.4 Å². The van der Waals surface area contributed by atoms with Crippen LogP contribution in [0.1, 0.15) is 26.5 Å². The molecule has 6 nitrogen and oxygen atoms in total. The van der Waals surface area contributed by atoms with Gasteiger partial charge in [-0.05, 0) is 24.3 Å². The second kappa shape index (κ2) is 8.21. The summed E-state index contributed by atoms with van der Waals surface area (Å²) in [6.45, 7) is 6.19. The number of hydrogen-bond donors (Lipinski definition) is 2. The molecule has 4 aromatic rings. The maximum atomic E-state index is 12.7. The first-order valence-electron chi connectivity index (χ1n) is 9.70. The summed E-state index contributed by atoms with van der Waals surface area (Å²) in [5.74, 6) is 0.512. The molecule has 0 aliphatic rings. The van der Waals surface area contributed by atoms with Gasteiger partial charge in [-0.1, -0.05) is 68.2 Å². The van der Waals surface area contributed by atoms with Crippen LogP contribution in [0.4, 0.5) is 16.3 Å². The summed E-state index contributed by atoms with van der Waals surface area (Å²) in [6.07, 6.45) is 1.73. The molecule has 0 saturated heterocycles. The van der Waals surface area contributed by atoms with E-state index < -0.39 is 6.03 Å². The highest BCUT2D eigenvalue weighted by atomic mass is 35.5. The van der Waals surface area contributed by atoms with Gasteiger partial charge in [0.1, 0.15) is 5.82 Å². The predicted octanol–water partition coefficient (Wildman–Crippen LogP) is 6.67. The molecule has 0 unspecified atom stereocenters. The van der Waals surface area contributed by atoms with Crippen molar-refractivity contribution >= 4 is 51.6 Å². The van der Waals surface area contributed by atoms with Crippen LogP contribution in [0, 0.1) is 0 Å². The SMILES string of the molecule is CC(C)(C)c1cc(NC(=O)Nc2cccc(Cl)c2Cl)n(-c2cnc3ccccc3c2)n1. The fraction of sp³-hybridized carbons (Fsp3) is 0.174. The number of benzene rings is 2. The zero-order valence-corrected chi connectivity index (χ0v) is 18.8. The first-order valence-corrected chi connectivity index (χ1v) is 10.5. The van der Waals surface area contributed by atoms with Crippen LogP contribution in [-0.2, 0) is 5.41 Å². The third kappa shape index (κ3) is 4.50. The van der Waals surface area contributed by atoms with Gasteiger partial charge in [-0.25, -0.2) is 9.48 Å². The number of anilines is 2. The van der Waals surface area contributed by atoms with E-state index in [1.165, 1.54) is 0 Å². The molecule has 158 valence electrons. The number of nitrogens with zero attached hydrogens (tertiary/aromatic N) is 3. The van der Waals surface area contributed by atoms with E-state index in [2.05, 4.69) is 36.4 Å². The predicted molar refractivity (Wildman–Crippen MR) is 127 cm³/mol. The number of aromatic nitrogens is 3. The van der Waals surface area contributed by atoms with Crippen LogP contribution in [0.5, 0.6) is 0 Å². The van der Waals surface area contributed by atoms with Gasteiger partial charge in [-0.3, -0.25) is 10.3 Å². The summed E-state index contributed by atoms with van der Waals surface area (Å²) >= 11 is 12.2. The normalized spacial score (nSPS) is 11.5. The lowest BCUT2D eigenvalue weighted by molar-refractivity contribution is 0.262. The molecule has 0 aliphatic carbocycles. The Morgan fingerprint density at radius 2 is 1.77 bits per heavy atom. The molecule has 2 N–H and O–H groups in total. The second-order valence-electron chi connectivity index (χ2n) is 8.14. The average molecular weight is 454 g/mol. The lowest BCUT2D eigenvalue weighted by atomic mass is 9.92. The molecule has 2 heterocycles. The highest BCUT2D eigenvalue weighted by molar-refractivity contribution is 6.44. The summed E-state index contributed by atoms with van der Waals surface area (Å²) in [6, 6.07) is 16.3. The molecule has 0 radical (unpaired) electrons. The van der Waals surface area contributed by atoms with Crippen LogP contribution in [0.25, 0.3) is 16.6 Å². The number of amides is 2. The van der Waals surface area contributed by atoms with Gasteiger partial charge in [0, 0.05) is 16.9 Å². The summed E-state index contributed by atoms with van der Waals surface area (Å²) in [5.41, 5.74) is 2.67. The maximum Gasteiger partial charge on any atom is 0.324 e. The van der Waals surface area contributed by atoms with E-state index in [0.717, 1.165) is 22.3 Å². The fourth-order valence-corrected chi connectivity index (χ4v) is 3.43. The molecule has 0 aliphatic heterocycles. The summed E-state index contributed by atoms with van der Waals surface area (Å²) < 4.78 is 1.68. The Balaban J connectivity index is 1.70. The average Bonchev–Trinajstić information content (AvgIpc) is 3.15. The molecule has 0 saturated carbocycles. The first kappa shape index (κ1) is 21.2. The molecular weight excluding hydrogens is 433 g/mol. The number of carbonyl (C=O) groups is 1. The lowest BCUT2D eigenvalue weighted by Crippen LogP contribution is -2.21. The molecule has 2 amide bonds. The number of rotatable bonds is 3. The van der Waals surface area contributed by atoms with Crippen LogP contribution in [0.2, 0.25) is 10.0 Å². The molecular formula is C23H21Cl2N5O. The van der Waals surface area contributed by atoms with Crippen LogP contribution in [0.3, 0.4) is 0 Å². The van der Waals surface area contributed by atoms with Gasteiger partial charge >= 0.3 is 6.03 Å². The van der Waals surface area contributed by atoms with Crippen LogP contribution < -0.4 is 10.6 Å². The molecule has 0 bridgehead atoms. The Labute approximate surface area is 190 Å². The number of pyridine rings is 1. The maximum absolute atomic E-state index is 12.7. The molecule has 8 heteroatoms. The number of nitrogens with one attached hydrogen (secondary N) is 2. The first-order chi connectivity index (χ1) is 14.7. The van der Waals surface area contributed by atoms with Gasteiger partial charge in [-0.2, -0.15) is 5.10 Å². The number of para-hydroxylation sites is 1. The highest BCUT2D eigenvalue weighted by Crippen LogP contribution is 2.30. The lowest BCUT2D eigenvalue weighted by Gasteiger charge is -2.14. The smallest absolute Gasteiger partial charge is 0.306 e. The Morgan fingerprint density at radius 1 is 1.00 bits per heavy atom. The van der Waals surface area contributed by atoms with Gasteiger partial charge in [0.15, 0.2) is 0 Å². The molecule has 0 fully saturated rings. The van der Waals surface area contributed by atoms with Crippen molar-refractivity contribution in [2.45, 2.75) is 26.2 Å². The Hall–Kier alpha value is -3.09. The summed E-state index contributed by atoms with van der Waals surface area (Å²) in [4.78, 5) is 17.2. The van der Waals surface area contributed by atoms with Crippen LogP contribution in [0.15, 0.2) is 60.8 Å². The third-order valence-corrected chi connectivity index (χ3v) is 5.56. The number of fused-ring (bicyclic) bond motifs is 1. The van der Waals surface area contributed by atoms with E-state index in [1.54, 1.807) is 29.1 Å². The third-order valence-electron chi connectivity index (χ3n) is 4.74. The quantitative estimate of drug-likeness (QED) is 0.363. The largest absolute Gasteiger partial charge is 0.324 e. The summed E-state index contributed by atoms with van der Waals surface area (Å²) in [5, 5.41) is 12.0. The zero-order valence-electron chi connectivity index (χ0n) is 17.3. The van der Waals surface area contributed by atoms with Crippen molar-refractivity contribution in [3.8, 4) is 5.69 Å². The number of hydrogen-bond acceptors (Lipinski definition) is 3. The minimum Gasteiger partial charge on any atom is -0.306 e. The van der Waals surface area contributed by atoms with E-state index >= 15 is 0 Å². The van der Waals surface area contributed by atoms with Crippen molar-refractivity contribution in [2.75, 3.05) is 10.6 Å². The molecule has 2 aromatic carbocycles. The van der Waals surface area contributed by atoms with E-state index in [4.69, 9.17) is 28.3 Å². The second-order valence-corrected chi connectivity index (χ2v) is 8.93. The topological polar surface area (TPSA) is 71.8 Å². The van der Waals surface area contributed by atoms with Gasteiger partial charge < -0.3 is 5.32 Å². The van der Waals surface area contributed by atoms with Crippen LogP contribution in [-0.4, -0.2) is 20.8 Å². The van der Waals surface area contributed by atoms with Crippen LogP contribution >= 0.6 is 23.2 Å². The Morgan fingerprint density at radius 3 is 2.55 bits per heavy atom. The van der Waals surface area contributed by atoms with Crippen molar-refractivity contribution in [1.82, 2.24) is 14.8 Å². The molecule has 0 spiro atoms. The number of urea groups is 1. The van der Waals surface area contributed by atoms with Gasteiger partial charge in [-0.15, -0.1) is 0 Å². The van der Waals surface area contributed by atoms with E-state index in [0.29, 0.717) is 16.5 Å². The monoisotopic (exact) mass is 453 g/mol. The Kier molecular flexibility index (Phi) is 5.60. The summed E-state index contributed by atoms with van der Waals surface area (Å²) in [7, 11) is 0. The molecule has 0 atom stereocenters. The van der Waals surface area contributed by atoms with E-state index in [-0.39, 0.29) is 10.4 Å². The van der Waals surface area contributed by atoms with Crippen molar-refractivity contribution in [2.24, 2.45) is 0 Å². The minimum atomic E-state index is -0.459. The standard InChI is InChI=1S/C23H21Cl2N5O/c1-23(2,3)19-12-20(28-22(31)27-18-10-6-8-16(24)21(18)25)30(29-19)15-11-14-7-4-5-9-17(14)26-13-15/h4-13H,1-3H3,(H2,27,28,31). The fourth-order valence-electron chi connectivity index (χ4n) is 3.08. The number of carbonyl (C=O) groups excluding carboxylic acids is 1. The van der Waals surface area contributed by atoms with Gasteiger partial charge in [0.05, 0.1) is 38.8 Å². The highest BCUT2D eigenvalue weighted by Gasteiger charge is 2.22. The van der Waals surface area contributed by atoms with Crippen molar-refractivity contribution < 1.29 is 4.79 Å². The van der Waals surface area contributed by atoms with Gasteiger partial charge in [0.2, 0.25) is 0 Å². The number of halogens is 2. The van der Waals surface area contributed by atoms with Crippen molar-refractivity contribution in [3.63, 3.8) is 0 Å². The van der Waals surface area contributed by atoms with E-state index in [9.17, 15) is 4.79 Å². The van der Waals surface area contributed by atoms with Crippen molar-refractivity contribution in [1.29, 1.82) is 0 Å². The zero-order chi connectivity index (χ0) is 22.2. The van der Waals surface area contributed by atoms with Crippen molar-refractivity contribution in [3.05, 3.63) is 76.5 Å². The molecule has 4 rings (SSSR count). The molecule has 2 aromatic heterocycles. The van der Waals surface area contributed by atoms with Gasteiger partial charge in [0.25, 0.3) is 0 Å². The molecule has 31 heavy (non-hydrogen) atoms.